The van der Waals surface area contributed by atoms with E-state index in [1.807, 2.05) is 12.3 Å². The first-order valence-corrected chi connectivity index (χ1v) is 13.8. The zero-order valence-electron chi connectivity index (χ0n) is 19.4. The molecule has 9 heteroatoms. The second-order valence-corrected chi connectivity index (χ2v) is 12.2. The molecule has 7 nitrogen and oxygen atoms in total. The SMILES string of the molecule is CCS(=O)(=O)N1CCC(c2c[nH]c3c(C(N)=O)cc(-c4csc(CCN(C)C)c4)cc23)CC1. The molecule has 1 saturated heterocycles. The number of thiophene rings is 1. The molecule has 0 radical (unpaired) electrons. The molecule has 0 spiro atoms. The number of carbonyl (C=O) groups is 1. The topological polar surface area (TPSA) is 99.5 Å². The van der Waals surface area contributed by atoms with Gasteiger partial charge in [0.15, 0.2) is 0 Å². The Bertz CT molecular complexity index is 1250. The van der Waals surface area contributed by atoms with Crippen LogP contribution < -0.4 is 5.73 Å². The summed E-state index contributed by atoms with van der Waals surface area (Å²) in [7, 11) is 0.971. The number of nitrogens with zero attached hydrogens (tertiary/aromatic N) is 2. The number of carbonyl (C=O) groups excluding carboxylic acids is 1. The van der Waals surface area contributed by atoms with Crippen molar-refractivity contribution in [1.29, 1.82) is 0 Å². The van der Waals surface area contributed by atoms with Gasteiger partial charge in [0.25, 0.3) is 5.91 Å². The molecule has 3 heterocycles. The van der Waals surface area contributed by atoms with Crippen molar-refractivity contribution in [3.8, 4) is 11.1 Å². The fourth-order valence-corrected chi connectivity index (χ4v) is 6.60. The third kappa shape index (κ3) is 5.01. The molecule has 0 saturated carbocycles. The predicted molar refractivity (Wildman–Crippen MR) is 135 cm³/mol. The Balaban J connectivity index is 1.67. The lowest BCUT2D eigenvalue weighted by Gasteiger charge is -2.31. The fraction of sp³-hybridized carbons (Fsp3) is 0.458. The molecule has 0 atom stereocenters. The molecule has 0 bridgehead atoms. The van der Waals surface area contributed by atoms with E-state index in [1.165, 1.54) is 4.88 Å². The van der Waals surface area contributed by atoms with E-state index < -0.39 is 15.9 Å². The van der Waals surface area contributed by atoms with Crippen LogP contribution in [-0.2, 0) is 16.4 Å². The number of hydrogen-bond acceptors (Lipinski definition) is 5. The lowest BCUT2D eigenvalue weighted by Crippen LogP contribution is -2.38. The third-order valence-electron chi connectivity index (χ3n) is 6.53. The molecule has 1 fully saturated rings. The van der Waals surface area contributed by atoms with E-state index in [4.69, 9.17) is 5.73 Å². The summed E-state index contributed by atoms with van der Waals surface area (Å²) in [6.07, 6.45) is 4.47. The minimum Gasteiger partial charge on any atom is -0.366 e. The first-order chi connectivity index (χ1) is 15.7. The van der Waals surface area contributed by atoms with Crippen LogP contribution in [0.2, 0.25) is 0 Å². The average Bonchev–Trinajstić information content (AvgIpc) is 3.44. The molecule has 33 heavy (non-hydrogen) atoms. The number of benzene rings is 1. The van der Waals surface area contributed by atoms with Crippen LogP contribution in [0.3, 0.4) is 0 Å². The van der Waals surface area contributed by atoms with Crippen molar-refractivity contribution < 1.29 is 13.2 Å². The summed E-state index contributed by atoms with van der Waals surface area (Å²) in [4.78, 5) is 19.0. The zero-order valence-corrected chi connectivity index (χ0v) is 21.1. The summed E-state index contributed by atoms with van der Waals surface area (Å²) in [6.45, 7) is 3.72. The Labute approximate surface area is 199 Å². The molecule has 1 amide bonds. The van der Waals surface area contributed by atoms with Crippen molar-refractivity contribution in [2.45, 2.75) is 32.1 Å². The summed E-state index contributed by atoms with van der Waals surface area (Å²) in [5.74, 6) is -0.0916. The van der Waals surface area contributed by atoms with Crippen LogP contribution in [0.15, 0.2) is 29.8 Å². The van der Waals surface area contributed by atoms with Gasteiger partial charge in [-0.05, 0) is 86.5 Å². The van der Waals surface area contributed by atoms with E-state index >= 15 is 0 Å². The van der Waals surface area contributed by atoms with Gasteiger partial charge >= 0.3 is 0 Å². The highest BCUT2D eigenvalue weighted by Gasteiger charge is 2.29. The van der Waals surface area contributed by atoms with Crippen LogP contribution >= 0.6 is 11.3 Å². The summed E-state index contributed by atoms with van der Waals surface area (Å²) in [5.41, 5.74) is 10.2. The van der Waals surface area contributed by atoms with Crippen molar-refractivity contribution in [3.63, 3.8) is 0 Å². The van der Waals surface area contributed by atoms with E-state index in [-0.39, 0.29) is 11.7 Å². The van der Waals surface area contributed by atoms with Crippen LogP contribution in [0, 0.1) is 0 Å². The molecule has 1 aliphatic heterocycles. The highest BCUT2D eigenvalue weighted by molar-refractivity contribution is 7.89. The van der Waals surface area contributed by atoms with Gasteiger partial charge in [0.05, 0.1) is 16.8 Å². The maximum Gasteiger partial charge on any atom is 0.250 e. The highest BCUT2D eigenvalue weighted by Crippen LogP contribution is 2.38. The van der Waals surface area contributed by atoms with E-state index in [0.29, 0.717) is 18.7 Å². The number of aromatic amines is 1. The van der Waals surface area contributed by atoms with Gasteiger partial charge in [0, 0.05) is 36.1 Å². The van der Waals surface area contributed by atoms with Gasteiger partial charge < -0.3 is 15.6 Å². The van der Waals surface area contributed by atoms with Crippen molar-refractivity contribution in [2.75, 3.05) is 39.5 Å². The van der Waals surface area contributed by atoms with Gasteiger partial charge in [0.1, 0.15) is 0 Å². The third-order valence-corrected chi connectivity index (χ3v) is 9.41. The number of sulfonamides is 1. The number of amides is 1. The number of nitrogens with one attached hydrogen (secondary N) is 1. The van der Waals surface area contributed by atoms with Crippen LogP contribution in [-0.4, -0.2) is 68.0 Å². The van der Waals surface area contributed by atoms with Crippen LogP contribution in [0.5, 0.6) is 0 Å². The van der Waals surface area contributed by atoms with Gasteiger partial charge in [-0.25, -0.2) is 12.7 Å². The fourth-order valence-electron chi connectivity index (χ4n) is 4.58. The molecule has 1 aromatic carbocycles. The number of nitrogens with two attached hydrogens (primary N) is 1. The Hall–Kier alpha value is -2.20. The summed E-state index contributed by atoms with van der Waals surface area (Å²) < 4.78 is 26.1. The number of hydrogen-bond donors (Lipinski definition) is 2. The number of rotatable bonds is 8. The number of primary amides is 1. The predicted octanol–water partition coefficient (Wildman–Crippen LogP) is 3.63. The molecule has 0 unspecified atom stereocenters. The first-order valence-electron chi connectivity index (χ1n) is 11.3. The number of likely N-dealkylation sites (N-methyl/N-ethyl adjacent to an activating group) is 1. The Morgan fingerprint density at radius 2 is 1.94 bits per heavy atom. The van der Waals surface area contributed by atoms with Crippen molar-refractivity contribution in [1.82, 2.24) is 14.2 Å². The lowest BCUT2D eigenvalue weighted by atomic mass is 9.88. The van der Waals surface area contributed by atoms with E-state index in [9.17, 15) is 13.2 Å². The second kappa shape index (κ2) is 9.58. The molecule has 4 rings (SSSR count). The smallest absolute Gasteiger partial charge is 0.250 e. The zero-order chi connectivity index (χ0) is 23.8. The van der Waals surface area contributed by atoms with Gasteiger partial charge in [-0.3, -0.25) is 4.79 Å². The monoisotopic (exact) mass is 488 g/mol. The molecular weight excluding hydrogens is 456 g/mol. The molecule has 1 aliphatic rings. The Kier molecular flexibility index (Phi) is 6.95. The largest absolute Gasteiger partial charge is 0.366 e. The summed E-state index contributed by atoms with van der Waals surface area (Å²) in [5, 5.41) is 3.14. The second-order valence-electron chi connectivity index (χ2n) is 8.98. The average molecular weight is 489 g/mol. The number of piperidine rings is 1. The standard InChI is InChI=1S/C24H32N4O3S2/c1-4-33(30,31)28-9-5-16(6-10-28)22-14-26-23-20(22)12-17(13-21(23)24(25)29)18-11-19(32-15-18)7-8-27(2)3/h11-16,26H,4-10H2,1-3H3,(H2,25,29). The Morgan fingerprint density at radius 1 is 1.21 bits per heavy atom. The summed E-state index contributed by atoms with van der Waals surface area (Å²) >= 11 is 1.73. The number of fused-ring (bicyclic) bond motifs is 1. The first kappa shape index (κ1) is 23.9. The summed E-state index contributed by atoms with van der Waals surface area (Å²) in [6, 6.07) is 6.21. The minimum atomic E-state index is -3.16. The normalized spacial score (nSPS) is 16.1. The molecule has 3 aromatic rings. The molecule has 2 aromatic heterocycles. The van der Waals surface area contributed by atoms with Crippen molar-refractivity contribution >= 4 is 38.2 Å². The van der Waals surface area contributed by atoms with Gasteiger partial charge in [0.2, 0.25) is 10.0 Å². The number of H-pyrrole nitrogens is 1. The van der Waals surface area contributed by atoms with Crippen LogP contribution in [0.4, 0.5) is 0 Å². The molecular formula is C24H32N4O3S2. The van der Waals surface area contributed by atoms with Crippen molar-refractivity contribution in [2.24, 2.45) is 5.73 Å². The lowest BCUT2D eigenvalue weighted by molar-refractivity contribution is 0.100. The van der Waals surface area contributed by atoms with Crippen LogP contribution in [0.1, 0.15) is 46.5 Å². The van der Waals surface area contributed by atoms with Gasteiger partial charge in [-0.1, -0.05) is 0 Å². The van der Waals surface area contributed by atoms with E-state index in [0.717, 1.165) is 53.4 Å². The quantitative estimate of drug-likeness (QED) is 0.506. The molecule has 3 N–H and O–H groups in total. The molecule has 0 aliphatic carbocycles. The van der Waals surface area contributed by atoms with E-state index in [2.05, 4.69) is 41.5 Å². The highest BCUT2D eigenvalue weighted by atomic mass is 32.2. The van der Waals surface area contributed by atoms with E-state index in [1.54, 1.807) is 22.6 Å². The minimum absolute atomic E-state index is 0.132. The Morgan fingerprint density at radius 3 is 2.58 bits per heavy atom. The van der Waals surface area contributed by atoms with Gasteiger partial charge in [-0.2, -0.15) is 0 Å². The molecule has 178 valence electrons. The van der Waals surface area contributed by atoms with Gasteiger partial charge in [-0.15, -0.1) is 11.3 Å². The van der Waals surface area contributed by atoms with Crippen LogP contribution in [0.25, 0.3) is 22.0 Å². The number of aromatic nitrogens is 1. The maximum atomic E-state index is 12.3. The van der Waals surface area contributed by atoms with Crippen molar-refractivity contribution in [3.05, 3.63) is 45.8 Å². The maximum absolute atomic E-state index is 12.3.